The molecular weight excluding hydrogens is 420 g/mol. The number of aryl methyl sites for hydroxylation is 1. The number of urea groups is 1. The highest BCUT2D eigenvalue weighted by atomic mass is 16.2. The fourth-order valence-electron chi connectivity index (χ4n) is 4.64. The average molecular weight is 449 g/mol. The second-order valence-corrected chi connectivity index (χ2v) is 9.10. The maximum Gasteiger partial charge on any atom is 0.322 e. The van der Waals surface area contributed by atoms with Crippen LogP contribution in [0, 0.1) is 18.8 Å². The smallest absolute Gasteiger partial charge is 0.322 e. The summed E-state index contributed by atoms with van der Waals surface area (Å²) >= 11 is 0. The minimum Gasteiger partial charge on any atom is -0.339 e. The van der Waals surface area contributed by atoms with Gasteiger partial charge in [-0.15, -0.1) is 0 Å². The lowest BCUT2D eigenvalue weighted by atomic mass is 9.79. The fraction of sp³-hybridized carbons (Fsp3) is 0.400. The van der Waals surface area contributed by atoms with Gasteiger partial charge in [-0.1, -0.05) is 32.0 Å². The van der Waals surface area contributed by atoms with Crippen molar-refractivity contribution in [2.45, 2.75) is 39.2 Å². The molecular formula is C25H28N4O4. The number of amides is 4. The summed E-state index contributed by atoms with van der Waals surface area (Å²) in [4.78, 5) is 56.0. The van der Waals surface area contributed by atoms with Crippen molar-refractivity contribution >= 4 is 23.6 Å². The summed E-state index contributed by atoms with van der Waals surface area (Å²) in [6.07, 6.45) is 2.89. The lowest BCUT2D eigenvalue weighted by molar-refractivity contribution is -0.125. The normalized spacial score (nSPS) is 21.2. The molecule has 172 valence electrons. The summed E-state index contributed by atoms with van der Waals surface area (Å²) in [5, 5.41) is 5.05. The Hall–Kier alpha value is -3.55. The average Bonchev–Trinajstić information content (AvgIpc) is 3.13. The van der Waals surface area contributed by atoms with Gasteiger partial charge in [0.15, 0.2) is 5.78 Å². The lowest BCUT2D eigenvalue weighted by Gasteiger charge is -2.32. The summed E-state index contributed by atoms with van der Waals surface area (Å²) in [6, 6.07) is 9.93. The topological polar surface area (TPSA) is 108 Å². The molecule has 33 heavy (non-hydrogen) atoms. The third-order valence-electron chi connectivity index (χ3n) is 6.67. The number of nitrogens with zero attached hydrogens (tertiary/aromatic N) is 2. The van der Waals surface area contributed by atoms with E-state index in [0.717, 1.165) is 5.56 Å². The van der Waals surface area contributed by atoms with Crippen molar-refractivity contribution in [3.63, 3.8) is 0 Å². The number of aromatic nitrogens is 1. The van der Waals surface area contributed by atoms with Crippen LogP contribution in [0.25, 0.3) is 0 Å². The number of pyridine rings is 1. The summed E-state index contributed by atoms with van der Waals surface area (Å²) in [7, 11) is 0. The molecule has 2 aliphatic rings. The zero-order chi connectivity index (χ0) is 23.8. The molecule has 4 rings (SSSR count). The third-order valence-corrected chi connectivity index (χ3v) is 6.67. The van der Waals surface area contributed by atoms with Crippen molar-refractivity contribution in [3.05, 3.63) is 65.0 Å². The highest BCUT2D eigenvalue weighted by Gasteiger charge is 2.50. The molecule has 0 aliphatic carbocycles. The maximum atomic E-state index is 13.0. The van der Waals surface area contributed by atoms with Gasteiger partial charge < -0.3 is 10.2 Å². The zero-order valence-electron chi connectivity index (χ0n) is 19.1. The Morgan fingerprint density at radius 1 is 1.06 bits per heavy atom. The molecule has 1 atom stereocenters. The number of carbonyl (C=O) groups excluding carboxylic acids is 4. The molecule has 2 aliphatic heterocycles. The summed E-state index contributed by atoms with van der Waals surface area (Å²) in [5.74, 6) is -0.787. The number of hydrogen-bond donors (Lipinski definition) is 2. The standard InChI is InChI=1S/C25H28N4O4/c1-15(2)25(23(32)27-24(33)28-25)19-7-5-18(6-8-19)22(31)29-12-10-17(11-13-29)21(30)20-9-4-16(3)14-26-20/h4-9,14-15,17H,10-13H2,1-3H3,(H2,27,28,32,33). The molecule has 0 spiro atoms. The van der Waals surface area contributed by atoms with Crippen molar-refractivity contribution in [1.82, 2.24) is 20.5 Å². The molecule has 2 fully saturated rings. The largest absolute Gasteiger partial charge is 0.339 e. The molecule has 0 bridgehead atoms. The molecule has 3 heterocycles. The molecule has 1 aromatic heterocycles. The van der Waals surface area contributed by atoms with Gasteiger partial charge in [-0.2, -0.15) is 0 Å². The van der Waals surface area contributed by atoms with Crippen LogP contribution < -0.4 is 10.6 Å². The third kappa shape index (κ3) is 4.13. The summed E-state index contributed by atoms with van der Waals surface area (Å²) in [5.41, 5.74) is 1.47. The van der Waals surface area contributed by atoms with E-state index in [1.54, 1.807) is 41.4 Å². The number of likely N-dealkylation sites (tertiary alicyclic amines) is 1. The Morgan fingerprint density at radius 3 is 2.24 bits per heavy atom. The zero-order valence-corrected chi connectivity index (χ0v) is 19.1. The van der Waals surface area contributed by atoms with E-state index < -0.39 is 17.5 Å². The van der Waals surface area contributed by atoms with E-state index in [-0.39, 0.29) is 23.5 Å². The van der Waals surface area contributed by atoms with Crippen LogP contribution in [0.2, 0.25) is 0 Å². The molecule has 2 N–H and O–H groups in total. The highest BCUT2D eigenvalue weighted by Crippen LogP contribution is 2.33. The quantitative estimate of drug-likeness (QED) is 0.540. The Balaban J connectivity index is 1.42. The predicted octanol–water partition coefficient (Wildman–Crippen LogP) is 2.82. The van der Waals surface area contributed by atoms with Crippen LogP contribution in [-0.4, -0.2) is 46.6 Å². The first kappa shape index (κ1) is 22.6. The van der Waals surface area contributed by atoms with Crippen LogP contribution in [0.1, 0.15) is 58.7 Å². The van der Waals surface area contributed by atoms with E-state index in [2.05, 4.69) is 15.6 Å². The van der Waals surface area contributed by atoms with Crippen LogP contribution in [0.4, 0.5) is 4.79 Å². The highest BCUT2D eigenvalue weighted by molar-refractivity contribution is 6.07. The SMILES string of the molecule is Cc1ccc(C(=O)C2CCN(C(=O)c3ccc(C4(C(C)C)NC(=O)NC4=O)cc3)CC2)nc1. The van der Waals surface area contributed by atoms with Gasteiger partial charge >= 0.3 is 6.03 Å². The lowest BCUT2D eigenvalue weighted by Crippen LogP contribution is -2.48. The molecule has 0 radical (unpaired) electrons. The Labute approximate surface area is 192 Å². The number of rotatable bonds is 5. The van der Waals surface area contributed by atoms with Crippen LogP contribution in [-0.2, 0) is 10.3 Å². The van der Waals surface area contributed by atoms with Crippen LogP contribution in [0.3, 0.4) is 0 Å². The number of imide groups is 1. The van der Waals surface area contributed by atoms with Gasteiger partial charge in [-0.3, -0.25) is 24.7 Å². The first-order valence-electron chi connectivity index (χ1n) is 11.2. The summed E-state index contributed by atoms with van der Waals surface area (Å²) < 4.78 is 0. The number of piperidine rings is 1. The van der Waals surface area contributed by atoms with E-state index in [4.69, 9.17) is 0 Å². The Bertz CT molecular complexity index is 1090. The van der Waals surface area contributed by atoms with E-state index in [9.17, 15) is 19.2 Å². The molecule has 4 amide bonds. The van der Waals surface area contributed by atoms with E-state index in [0.29, 0.717) is 42.8 Å². The van der Waals surface area contributed by atoms with Gasteiger partial charge in [-0.25, -0.2) is 4.79 Å². The van der Waals surface area contributed by atoms with Gasteiger partial charge in [0.05, 0.1) is 0 Å². The molecule has 2 aromatic rings. The summed E-state index contributed by atoms with van der Waals surface area (Å²) in [6.45, 7) is 6.65. The molecule has 2 saturated heterocycles. The first-order chi connectivity index (χ1) is 15.7. The van der Waals surface area contributed by atoms with E-state index in [1.165, 1.54) is 0 Å². The number of carbonyl (C=O) groups is 4. The van der Waals surface area contributed by atoms with Crippen LogP contribution >= 0.6 is 0 Å². The first-order valence-corrected chi connectivity index (χ1v) is 11.2. The van der Waals surface area contributed by atoms with Gasteiger partial charge in [0.2, 0.25) is 0 Å². The van der Waals surface area contributed by atoms with Crippen molar-refractivity contribution in [2.75, 3.05) is 13.1 Å². The van der Waals surface area contributed by atoms with E-state index in [1.807, 2.05) is 26.8 Å². The van der Waals surface area contributed by atoms with Crippen molar-refractivity contribution in [3.8, 4) is 0 Å². The molecule has 1 aromatic carbocycles. The molecule has 0 saturated carbocycles. The second-order valence-electron chi connectivity index (χ2n) is 9.10. The Kier molecular flexibility index (Phi) is 6.01. The van der Waals surface area contributed by atoms with Crippen molar-refractivity contribution in [2.24, 2.45) is 11.8 Å². The van der Waals surface area contributed by atoms with Gasteiger partial charge in [-0.05, 0) is 55.0 Å². The second kappa shape index (κ2) is 8.77. The van der Waals surface area contributed by atoms with Crippen molar-refractivity contribution < 1.29 is 19.2 Å². The number of hydrogen-bond acceptors (Lipinski definition) is 5. The number of nitrogens with one attached hydrogen (secondary N) is 2. The minimum absolute atomic E-state index is 0.0299. The maximum absolute atomic E-state index is 13.0. The number of ketones is 1. The van der Waals surface area contributed by atoms with Crippen LogP contribution in [0.15, 0.2) is 42.6 Å². The number of benzene rings is 1. The monoisotopic (exact) mass is 448 g/mol. The number of Topliss-reactive ketones (excluding diaryl/α,β-unsaturated/α-hetero) is 1. The van der Waals surface area contributed by atoms with Crippen LogP contribution in [0.5, 0.6) is 0 Å². The molecule has 1 unspecified atom stereocenters. The van der Waals surface area contributed by atoms with E-state index >= 15 is 0 Å². The van der Waals surface area contributed by atoms with Crippen molar-refractivity contribution in [1.29, 1.82) is 0 Å². The van der Waals surface area contributed by atoms with Gasteiger partial charge in [0, 0.05) is 30.8 Å². The minimum atomic E-state index is -1.15. The fourth-order valence-corrected chi connectivity index (χ4v) is 4.64. The van der Waals surface area contributed by atoms with Gasteiger partial charge in [0.25, 0.3) is 11.8 Å². The van der Waals surface area contributed by atoms with Gasteiger partial charge in [0.1, 0.15) is 11.2 Å². The predicted molar refractivity (Wildman–Crippen MR) is 122 cm³/mol. The molecule has 8 heteroatoms. The Morgan fingerprint density at radius 2 is 1.73 bits per heavy atom. The molecule has 8 nitrogen and oxygen atoms in total.